The molecular weight excluding hydrogens is 359 g/mol. The minimum absolute atomic E-state index is 0.00411. The van der Waals surface area contributed by atoms with E-state index in [2.05, 4.69) is 5.10 Å². The molecule has 26 heavy (non-hydrogen) atoms. The van der Waals surface area contributed by atoms with E-state index >= 15 is 0 Å². The first-order valence-electron chi connectivity index (χ1n) is 7.88. The number of ether oxygens (including phenoxy) is 2. The van der Waals surface area contributed by atoms with Crippen molar-refractivity contribution in [3.8, 4) is 11.4 Å². The SMILES string of the molecule is Cc1nn(-c2ccccc2)c(Cl)c1COC(=O)COc1ccccc1F. The van der Waals surface area contributed by atoms with Gasteiger partial charge in [-0.15, -0.1) is 0 Å². The average molecular weight is 375 g/mol. The van der Waals surface area contributed by atoms with E-state index in [4.69, 9.17) is 21.1 Å². The summed E-state index contributed by atoms with van der Waals surface area (Å²) >= 11 is 6.37. The number of para-hydroxylation sites is 2. The first-order valence-corrected chi connectivity index (χ1v) is 8.26. The molecule has 0 unspecified atom stereocenters. The van der Waals surface area contributed by atoms with E-state index in [1.165, 1.54) is 18.2 Å². The Hall–Kier alpha value is -2.86. The number of halogens is 2. The Labute approximate surface area is 154 Å². The summed E-state index contributed by atoms with van der Waals surface area (Å²) in [7, 11) is 0. The Morgan fingerprint density at radius 3 is 2.58 bits per heavy atom. The van der Waals surface area contributed by atoms with Gasteiger partial charge >= 0.3 is 5.97 Å². The van der Waals surface area contributed by atoms with E-state index < -0.39 is 18.4 Å². The van der Waals surface area contributed by atoms with E-state index in [0.717, 1.165) is 5.69 Å². The van der Waals surface area contributed by atoms with Crippen LogP contribution < -0.4 is 4.74 Å². The fourth-order valence-corrected chi connectivity index (χ4v) is 2.66. The van der Waals surface area contributed by atoms with Crippen molar-refractivity contribution in [2.75, 3.05) is 6.61 Å². The van der Waals surface area contributed by atoms with Gasteiger partial charge in [-0.3, -0.25) is 0 Å². The first kappa shape index (κ1) is 17.9. The molecule has 0 radical (unpaired) electrons. The smallest absolute Gasteiger partial charge is 0.344 e. The minimum Gasteiger partial charge on any atom is -0.479 e. The molecular formula is C19H16ClFN2O3. The van der Waals surface area contributed by atoms with Crippen LogP contribution in [0.25, 0.3) is 5.69 Å². The molecule has 3 rings (SSSR count). The van der Waals surface area contributed by atoms with Crippen LogP contribution in [0.15, 0.2) is 54.6 Å². The minimum atomic E-state index is -0.629. The lowest BCUT2D eigenvalue weighted by Gasteiger charge is -2.08. The molecule has 0 aliphatic heterocycles. The molecule has 0 aliphatic rings. The van der Waals surface area contributed by atoms with E-state index in [1.807, 2.05) is 30.3 Å². The van der Waals surface area contributed by atoms with E-state index in [1.54, 1.807) is 17.7 Å². The highest BCUT2D eigenvalue weighted by molar-refractivity contribution is 6.30. The molecule has 1 aromatic heterocycles. The lowest BCUT2D eigenvalue weighted by atomic mass is 10.3. The summed E-state index contributed by atoms with van der Waals surface area (Å²) in [5.41, 5.74) is 2.07. The maximum atomic E-state index is 13.5. The Balaban J connectivity index is 1.62. The normalized spacial score (nSPS) is 10.6. The molecule has 134 valence electrons. The fourth-order valence-electron chi connectivity index (χ4n) is 2.33. The van der Waals surface area contributed by atoms with Crippen LogP contribution in [0.1, 0.15) is 11.3 Å². The molecule has 0 amide bonds. The number of carbonyl (C=O) groups excluding carboxylic acids is 1. The van der Waals surface area contributed by atoms with Crippen LogP contribution >= 0.6 is 11.6 Å². The zero-order valence-electron chi connectivity index (χ0n) is 14.0. The number of benzene rings is 2. The van der Waals surface area contributed by atoms with Gasteiger partial charge in [-0.05, 0) is 31.2 Å². The highest BCUT2D eigenvalue weighted by atomic mass is 35.5. The summed E-state index contributed by atoms with van der Waals surface area (Å²) in [6.07, 6.45) is 0. The van der Waals surface area contributed by atoms with Crippen molar-refractivity contribution < 1.29 is 18.7 Å². The van der Waals surface area contributed by atoms with Crippen molar-refractivity contribution >= 4 is 17.6 Å². The number of aryl methyl sites for hydroxylation is 1. The van der Waals surface area contributed by atoms with Gasteiger partial charge in [0, 0.05) is 5.56 Å². The number of hydrogen-bond donors (Lipinski definition) is 0. The number of hydrogen-bond acceptors (Lipinski definition) is 4. The summed E-state index contributed by atoms with van der Waals surface area (Å²) in [6, 6.07) is 15.2. The standard InChI is InChI=1S/C19H16ClFN2O3/c1-13-15(19(20)23(22-13)14-7-3-2-4-8-14)11-26-18(24)12-25-17-10-6-5-9-16(17)21/h2-10H,11-12H2,1H3. The zero-order chi connectivity index (χ0) is 18.5. The third-order valence-corrected chi connectivity index (χ3v) is 4.07. The summed E-state index contributed by atoms with van der Waals surface area (Å²) in [5, 5.41) is 4.75. The number of nitrogens with zero attached hydrogens (tertiary/aromatic N) is 2. The monoisotopic (exact) mass is 374 g/mol. The molecule has 3 aromatic rings. The molecule has 2 aromatic carbocycles. The fraction of sp³-hybridized carbons (Fsp3) is 0.158. The molecule has 7 heteroatoms. The third-order valence-electron chi connectivity index (χ3n) is 3.68. The van der Waals surface area contributed by atoms with Crippen molar-refractivity contribution in [1.29, 1.82) is 0 Å². The Morgan fingerprint density at radius 1 is 1.15 bits per heavy atom. The molecule has 0 N–H and O–H groups in total. The largest absolute Gasteiger partial charge is 0.479 e. The lowest BCUT2D eigenvalue weighted by Crippen LogP contribution is -2.15. The van der Waals surface area contributed by atoms with Gasteiger partial charge in [0.05, 0.1) is 11.4 Å². The number of rotatable bonds is 6. The van der Waals surface area contributed by atoms with Crippen molar-refractivity contribution in [2.45, 2.75) is 13.5 Å². The van der Waals surface area contributed by atoms with Crippen molar-refractivity contribution in [1.82, 2.24) is 9.78 Å². The third kappa shape index (κ3) is 4.03. The Morgan fingerprint density at radius 2 is 1.85 bits per heavy atom. The van der Waals surface area contributed by atoms with Crippen LogP contribution in [-0.2, 0) is 16.1 Å². The Kier molecular flexibility index (Phi) is 5.53. The van der Waals surface area contributed by atoms with Crippen LogP contribution in [-0.4, -0.2) is 22.4 Å². The molecule has 0 atom stereocenters. The van der Waals surface area contributed by atoms with Gasteiger partial charge in [-0.25, -0.2) is 13.9 Å². The van der Waals surface area contributed by atoms with E-state index in [0.29, 0.717) is 16.4 Å². The van der Waals surface area contributed by atoms with Crippen molar-refractivity contribution in [2.24, 2.45) is 0 Å². The molecule has 5 nitrogen and oxygen atoms in total. The second kappa shape index (κ2) is 8.01. The van der Waals surface area contributed by atoms with Crippen LogP contribution in [0.2, 0.25) is 5.15 Å². The molecule has 0 saturated heterocycles. The van der Waals surface area contributed by atoms with Crippen molar-refractivity contribution in [3.05, 3.63) is 76.8 Å². The lowest BCUT2D eigenvalue weighted by molar-refractivity contribution is -0.147. The van der Waals surface area contributed by atoms with Gasteiger partial charge in [0.15, 0.2) is 18.2 Å². The average Bonchev–Trinajstić information content (AvgIpc) is 2.94. The molecule has 0 aliphatic carbocycles. The predicted molar refractivity (Wildman–Crippen MR) is 95.0 cm³/mol. The molecule has 0 spiro atoms. The summed E-state index contributed by atoms with van der Waals surface area (Å²) in [5.74, 6) is -1.17. The highest BCUT2D eigenvalue weighted by Gasteiger charge is 2.16. The predicted octanol–water partition coefficient (Wildman–Crippen LogP) is 4.10. The van der Waals surface area contributed by atoms with Gasteiger partial charge < -0.3 is 9.47 Å². The second-order valence-electron chi connectivity index (χ2n) is 5.48. The first-order chi connectivity index (χ1) is 12.6. The van der Waals surface area contributed by atoms with Crippen molar-refractivity contribution in [3.63, 3.8) is 0 Å². The van der Waals surface area contributed by atoms with Crippen LogP contribution in [0.3, 0.4) is 0 Å². The quantitative estimate of drug-likeness (QED) is 0.610. The summed E-state index contributed by atoms with van der Waals surface area (Å²) < 4.78 is 25.3. The summed E-state index contributed by atoms with van der Waals surface area (Å²) in [4.78, 5) is 11.9. The van der Waals surface area contributed by atoms with Gasteiger partial charge in [-0.2, -0.15) is 5.10 Å². The Bertz CT molecular complexity index is 912. The highest BCUT2D eigenvalue weighted by Crippen LogP contribution is 2.24. The molecule has 0 saturated carbocycles. The van der Waals surface area contributed by atoms with E-state index in [9.17, 15) is 9.18 Å². The van der Waals surface area contributed by atoms with Gasteiger partial charge in [-0.1, -0.05) is 41.9 Å². The zero-order valence-corrected chi connectivity index (χ0v) is 14.7. The van der Waals surface area contributed by atoms with E-state index in [-0.39, 0.29) is 12.4 Å². The van der Waals surface area contributed by atoms with Crippen LogP contribution in [0, 0.1) is 12.7 Å². The van der Waals surface area contributed by atoms with Gasteiger partial charge in [0.1, 0.15) is 11.8 Å². The number of carbonyl (C=O) groups is 1. The number of aromatic nitrogens is 2. The van der Waals surface area contributed by atoms with Gasteiger partial charge in [0.25, 0.3) is 0 Å². The number of esters is 1. The van der Waals surface area contributed by atoms with Gasteiger partial charge in [0.2, 0.25) is 0 Å². The summed E-state index contributed by atoms with van der Waals surface area (Å²) in [6.45, 7) is 1.34. The maximum absolute atomic E-state index is 13.5. The maximum Gasteiger partial charge on any atom is 0.344 e. The molecule has 0 fully saturated rings. The topological polar surface area (TPSA) is 53.4 Å². The molecule has 0 bridgehead atoms. The van der Waals surface area contributed by atoms with Crippen LogP contribution in [0.4, 0.5) is 4.39 Å². The second-order valence-corrected chi connectivity index (χ2v) is 5.84. The van der Waals surface area contributed by atoms with Crippen LogP contribution in [0.5, 0.6) is 5.75 Å². The molecule has 1 heterocycles.